The van der Waals surface area contributed by atoms with Gasteiger partial charge in [0.2, 0.25) is 0 Å². The fourth-order valence-corrected chi connectivity index (χ4v) is 2.33. The molecule has 1 aromatic carbocycles. The average Bonchev–Trinajstić information content (AvgIpc) is 2.78. The molecule has 17 heavy (non-hydrogen) atoms. The molecule has 1 aliphatic rings. The van der Waals surface area contributed by atoms with Crippen LogP contribution in [0.25, 0.3) is 5.69 Å². The van der Waals surface area contributed by atoms with Crippen molar-refractivity contribution in [2.45, 2.75) is 26.2 Å². The number of nitrogens with zero attached hydrogens (tertiary/aromatic N) is 2. The molecule has 2 N–H and O–H groups in total. The third kappa shape index (κ3) is 1.71. The molecule has 0 radical (unpaired) electrons. The van der Waals surface area contributed by atoms with Crippen LogP contribution in [0, 0.1) is 5.41 Å². The van der Waals surface area contributed by atoms with Crippen molar-refractivity contribution >= 4 is 5.82 Å². The average molecular weight is 227 g/mol. The van der Waals surface area contributed by atoms with Crippen molar-refractivity contribution in [3.05, 3.63) is 42.1 Å². The molecule has 1 unspecified atom stereocenters. The number of hydrogen-bond acceptors (Lipinski definition) is 2. The molecule has 0 amide bonds. The molecule has 1 atom stereocenters. The first-order valence-corrected chi connectivity index (χ1v) is 5.99. The Balaban J connectivity index is 1.98. The zero-order chi connectivity index (χ0) is 12.0. The Bertz CT molecular complexity index is 540. The van der Waals surface area contributed by atoms with Crippen LogP contribution in [0.1, 0.15) is 31.9 Å². The zero-order valence-electron chi connectivity index (χ0n) is 10.2. The molecular formula is C14H17N3. The Labute approximate surface area is 101 Å². The van der Waals surface area contributed by atoms with Crippen LogP contribution >= 0.6 is 0 Å². The van der Waals surface area contributed by atoms with E-state index in [1.165, 1.54) is 6.42 Å². The number of benzene rings is 1. The maximum atomic E-state index is 6.03. The molecule has 3 nitrogen and oxygen atoms in total. The third-order valence-electron chi connectivity index (χ3n) is 3.63. The fourth-order valence-electron chi connectivity index (χ4n) is 2.33. The van der Waals surface area contributed by atoms with E-state index in [4.69, 9.17) is 5.73 Å². The van der Waals surface area contributed by atoms with E-state index in [0.717, 1.165) is 11.4 Å². The van der Waals surface area contributed by atoms with Crippen LogP contribution < -0.4 is 5.73 Å². The Kier molecular flexibility index (Phi) is 2.05. The maximum absolute atomic E-state index is 6.03. The highest BCUT2D eigenvalue weighted by Crippen LogP contribution is 2.58. The highest BCUT2D eigenvalue weighted by Gasteiger charge is 2.48. The van der Waals surface area contributed by atoms with E-state index < -0.39 is 0 Å². The van der Waals surface area contributed by atoms with Gasteiger partial charge in [0.25, 0.3) is 0 Å². The molecule has 1 aromatic heterocycles. The first-order chi connectivity index (χ1) is 8.08. The van der Waals surface area contributed by atoms with E-state index in [2.05, 4.69) is 18.9 Å². The minimum atomic E-state index is 0.391. The smallest absolute Gasteiger partial charge is 0.127 e. The van der Waals surface area contributed by atoms with Crippen molar-refractivity contribution < 1.29 is 0 Å². The Morgan fingerprint density at radius 1 is 1.29 bits per heavy atom. The molecule has 1 heterocycles. The van der Waals surface area contributed by atoms with Crippen LogP contribution in [0.4, 0.5) is 5.82 Å². The molecular weight excluding hydrogens is 210 g/mol. The number of nitrogen functional groups attached to an aromatic ring is 1. The highest BCUT2D eigenvalue weighted by atomic mass is 15.3. The lowest BCUT2D eigenvalue weighted by Gasteiger charge is -2.02. The van der Waals surface area contributed by atoms with E-state index in [0.29, 0.717) is 17.2 Å². The summed E-state index contributed by atoms with van der Waals surface area (Å²) >= 11 is 0. The Hall–Kier alpha value is -1.77. The van der Waals surface area contributed by atoms with Gasteiger partial charge in [-0.15, -0.1) is 0 Å². The normalized spacial score (nSPS) is 21.4. The Morgan fingerprint density at radius 3 is 2.53 bits per heavy atom. The molecule has 1 aliphatic carbocycles. The molecule has 1 fully saturated rings. The summed E-state index contributed by atoms with van der Waals surface area (Å²) in [5.74, 6) is 1.28. The van der Waals surface area contributed by atoms with Crippen molar-refractivity contribution in [1.29, 1.82) is 0 Å². The zero-order valence-corrected chi connectivity index (χ0v) is 10.2. The Morgan fingerprint density at radius 2 is 1.94 bits per heavy atom. The largest absolute Gasteiger partial charge is 0.384 e. The van der Waals surface area contributed by atoms with Crippen molar-refractivity contribution in [3.63, 3.8) is 0 Å². The molecule has 3 heteroatoms. The quantitative estimate of drug-likeness (QED) is 0.857. The summed E-state index contributed by atoms with van der Waals surface area (Å²) in [5, 5.41) is 4.63. The summed E-state index contributed by atoms with van der Waals surface area (Å²) in [4.78, 5) is 0. The fraction of sp³-hybridized carbons (Fsp3) is 0.357. The van der Waals surface area contributed by atoms with E-state index in [1.807, 2.05) is 41.1 Å². The van der Waals surface area contributed by atoms with Crippen molar-refractivity contribution in [2.75, 3.05) is 5.73 Å². The summed E-state index contributed by atoms with van der Waals surface area (Å²) < 4.78 is 1.82. The minimum Gasteiger partial charge on any atom is -0.384 e. The number of aromatic nitrogens is 2. The van der Waals surface area contributed by atoms with Crippen LogP contribution in [0.3, 0.4) is 0 Å². The molecule has 3 rings (SSSR count). The van der Waals surface area contributed by atoms with Crippen LogP contribution in [-0.2, 0) is 0 Å². The molecule has 0 aliphatic heterocycles. The number of hydrogen-bond donors (Lipinski definition) is 1. The monoisotopic (exact) mass is 227 g/mol. The SMILES string of the molecule is CC1(C)CC1c1cc(N)n(-c2ccccc2)n1. The first-order valence-electron chi connectivity index (χ1n) is 5.99. The van der Waals surface area contributed by atoms with Gasteiger partial charge >= 0.3 is 0 Å². The number of nitrogens with two attached hydrogens (primary N) is 1. The standard InChI is InChI=1S/C14H17N3/c1-14(2)9-11(14)12-8-13(15)17(16-12)10-6-4-3-5-7-10/h3-8,11H,9,15H2,1-2H3. The third-order valence-corrected chi connectivity index (χ3v) is 3.63. The number of para-hydroxylation sites is 1. The lowest BCUT2D eigenvalue weighted by molar-refractivity contribution is 0.612. The summed E-state index contributed by atoms with van der Waals surface area (Å²) in [6.07, 6.45) is 1.21. The molecule has 1 saturated carbocycles. The predicted octanol–water partition coefficient (Wildman–Crippen LogP) is 2.97. The summed E-state index contributed by atoms with van der Waals surface area (Å²) in [6.45, 7) is 4.55. The van der Waals surface area contributed by atoms with Gasteiger partial charge in [0.1, 0.15) is 5.82 Å². The summed E-state index contributed by atoms with van der Waals surface area (Å²) in [7, 11) is 0. The van der Waals surface area contributed by atoms with Crippen LogP contribution in [-0.4, -0.2) is 9.78 Å². The van der Waals surface area contributed by atoms with Gasteiger partial charge in [0, 0.05) is 12.0 Å². The van der Waals surface area contributed by atoms with Gasteiger partial charge in [0.05, 0.1) is 11.4 Å². The summed E-state index contributed by atoms with van der Waals surface area (Å²) in [6, 6.07) is 12.0. The van der Waals surface area contributed by atoms with E-state index >= 15 is 0 Å². The lowest BCUT2D eigenvalue weighted by atomic mass is 10.1. The second-order valence-electron chi connectivity index (χ2n) is 5.49. The number of anilines is 1. The van der Waals surface area contributed by atoms with Crippen LogP contribution in [0.15, 0.2) is 36.4 Å². The van der Waals surface area contributed by atoms with Crippen molar-refractivity contribution in [3.8, 4) is 5.69 Å². The van der Waals surface area contributed by atoms with Gasteiger partial charge in [-0.3, -0.25) is 0 Å². The highest BCUT2D eigenvalue weighted by molar-refractivity contribution is 5.44. The van der Waals surface area contributed by atoms with Crippen LogP contribution in [0.2, 0.25) is 0 Å². The maximum Gasteiger partial charge on any atom is 0.127 e. The van der Waals surface area contributed by atoms with Gasteiger partial charge in [-0.05, 0) is 24.0 Å². The number of rotatable bonds is 2. The van der Waals surface area contributed by atoms with Crippen molar-refractivity contribution in [1.82, 2.24) is 9.78 Å². The van der Waals surface area contributed by atoms with Crippen molar-refractivity contribution in [2.24, 2.45) is 5.41 Å². The minimum absolute atomic E-state index is 0.391. The van der Waals surface area contributed by atoms with Gasteiger partial charge in [0.15, 0.2) is 0 Å². The van der Waals surface area contributed by atoms with Gasteiger partial charge in [-0.1, -0.05) is 32.0 Å². The van der Waals surface area contributed by atoms with E-state index in [-0.39, 0.29) is 0 Å². The van der Waals surface area contributed by atoms with Gasteiger partial charge in [-0.2, -0.15) is 5.10 Å². The van der Waals surface area contributed by atoms with E-state index in [1.54, 1.807) is 0 Å². The van der Waals surface area contributed by atoms with Gasteiger partial charge in [-0.25, -0.2) is 4.68 Å². The second-order valence-corrected chi connectivity index (χ2v) is 5.49. The molecule has 88 valence electrons. The van der Waals surface area contributed by atoms with E-state index in [9.17, 15) is 0 Å². The summed E-state index contributed by atoms with van der Waals surface area (Å²) in [5.41, 5.74) is 8.56. The second kappa shape index (κ2) is 3.36. The first kappa shape index (κ1) is 10.4. The predicted molar refractivity (Wildman–Crippen MR) is 69.1 cm³/mol. The molecule has 2 aromatic rings. The molecule has 0 saturated heterocycles. The lowest BCUT2D eigenvalue weighted by Crippen LogP contribution is -2.01. The van der Waals surface area contributed by atoms with Gasteiger partial charge < -0.3 is 5.73 Å². The van der Waals surface area contributed by atoms with Crippen LogP contribution in [0.5, 0.6) is 0 Å². The molecule has 0 bridgehead atoms. The topological polar surface area (TPSA) is 43.8 Å². The molecule has 0 spiro atoms.